The second-order valence-electron chi connectivity index (χ2n) is 5.32. The second-order valence-corrected chi connectivity index (χ2v) is 6.31. The fourth-order valence-corrected chi connectivity index (χ4v) is 2.65. The minimum Gasteiger partial charge on any atom is -0.461 e. The summed E-state index contributed by atoms with van der Waals surface area (Å²) in [5.74, 6) is -0.0898. The summed E-state index contributed by atoms with van der Waals surface area (Å²) in [6.07, 6.45) is -2.67. The molecule has 1 aromatic carbocycles. The van der Waals surface area contributed by atoms with Gasteiger partial charge in [-0.1, -0.05) is 12.1 Å². The molecule has 0 fully saturated rings. The predicted molar refractivity (Wildman–Crippen MR) is 87.9 cm³/mol. The number of rotatable bonds is 5. The molecule has 0 saturated carbocycles. The highest BCUT2D eigenvalue weighted by molar-refractivity contribution is 7.98. The number of hydrogen-bond donors (Lipinski definition) is 2. The molecular weight excluding hydrogens is 357 g/mol. The number of carbonyl (C=O) groups is 2. The molecule has 1 atom stereocenters. The number of benzene rings is 1. The lowest BCUT2D eigenvalue weighted by Gasteiger charge is -2.28. The number of allylic oxidation sites excluding steroid dienone is 1. The normalized spacial score (nSPS) is 17.8. The molecule has 1 aromatic rings. The lowest BCUT2D eigenvalue weighted by molar-refractivity contribution is -0.139. The van der Waals surface area contributed by atoms with E-state index in [2.05, 4.69) is 10.6 Å². The molecule has 136 valence electrons. The number of esters is 1. The van der Waals surface area contributed by atoms with E-state index in [0.29, 0.717) is 5.75 Å². The molecule has 2 amide bonds. The smallest absolute Gasteiger partial charge is 0.416 e. The molecular formula is C16H17F3N2O3S. The van der Waals surface area contributed by atoms with E-state index in [-0.39, 0.29) is 23.4 Å². The molecule has 2 N–H and O–H groups in total. The highest BCUT2D eigenvalue weighted by Gasteiger charge is 2.35. The van der Waals surface area contributed by atoms with Crippen molar-refractivity contribution in [1.29, 1.82) is 0 Å². The van der Waals surface area contributed by atoms with Crippen molar-refractivity contribution in [1.82, 2.24) is 10.6 Å². The summed E-state index contributed by atoms with van der Waals surface area (Å²) in [4.78, 5) is 24.1. The fraction of sp³-hybridized carbons (Fsp3) is 0.375. The van der Waals surface area contributed by atoms with E-state index < -0.39 is 29.8 Å². The van der Waals surface area contributed by atoms with Gasteiger partial charge in [-0.25, -0.2) is 9.59 Å². The van der Waals surface area contributed by atoms with Crippen LogP contribution < -0.4 is 10.6 Å². The maximum Gasteiger partial charge on any atom is 0.416 e. The van der Waals surface area contributed by atoms with E-state index >= 15 is 0 Å². The van der Waals surface area contributed by atoms with Crippen LogP contribution in [0.25, 0.3) is 0 Å². The number of nitrogens with one attached hydrogen (secondary N) is 2. The van der Waals surface area contributed by atoms with Crippen molar-refractivity contribution in [2.75, 3.05) is 18.6 Å². The number of hydrogen-bond acceptors (Lipinski definition) is 4. The summed E-state index contributed by atoms with van der Waals surface area (Å²) < 4.78 is 44.0. The summed E-state index contributed by atoms with van der Waals surface area (Å²) >= 11 is 1.49. The molecule has 0 aromatic heterocycles. The van der Waals surface area contributed by atoms with Crippen LogP contribution in [0.2, 0.25) is 0 Å². The number of thioether (sulfide) groups is 1. The minimum absolute atomic E-state index is 0.0834. The Morgan fingerprint density at radius 3 is 2.72 bits per heavy atom. The molecule has 0 spiro atoms. The maximum absolute atomic E-state index is 12.9. The Kier molecular flexibility index (Phi) is 5.99. The van der Waals surface area contributed by atoms with Gasteiger partial charge < -0.3 is 15.4 Å². The molecule has 0 radical (unpaired) electrons. The van der Waals surface area contributed by atoms with Gasteiger partial charge in [-0.3, -0.25) is 0 Å². The largest absolute Gasteiger partial charge is 0.461 e. The summed E-state index contributed by atoms with van der Waals surface area (Å²) in [5.41, 5.74) is -0.369. The first kappa shape index (κ1) is 19.2. The summed E-state index contributed by atoms with van der Waals surface area (Å²) in [6, 6.07) is 2.89. The van der Waals surface area contributed by atoms with Gasteiger partial charge in [-0.05, 0) is 30.9 Å². The van der Waals surface area contributed by atoms with Gasteiger partial charge in [-0.15, -0.1) is 0 Å². The Bertz CT molecular complexity index is 704. The Morgan fingerprint density at radius 1 is 1.36 bits per heavy atom. The van der Waals surface area contributed by atoms with Gasteiger partial charge >= 0.3 is 18.2 Å². The molecule has 1 aliphatic heterocycles. The van der Waals surface area contributed by atoms with Crippen molar-refractivity contribution < 1.29 is 27.5 Å². The maximum atomic E-state index is 12.9. The topological polar surface area (TPSA) is 67.4 Å². The van der Waals surface area contributed by atoms with E-state index in [1.54, 1.807) is 0 Å². The third-order valence-electron chi connectivity index (χ3n) is 3.56. The van der Waals surface area contributed by atoms with Crippen LogP contribution in [0, 0.1) is 0 Å². The highest BCUT2D eigenvalue weighted by atomic mass is 32.2. The van der Waals surface area contributed by atoms with Crippen molar-refractivity contribution >= 4 is 23.8 Å². The van der Waals surface area contributed by atoms with Gasteiger partial charge in [0.2, 0.25) is 0 Å². The third kappa shape index (κ3) is 4.68. The number of ether oxygens (including phenoxy) is 1. The van der Waals surface area contributed by atoms with E-state index in [1.165, 1.54) is 30.8 Å². The second kappa shape index (κ2) is 7.81. The van der Waals surface area contributed by atoms with Crippen molar-refractivity contribution in [3.05, 3.63) is 46.7 Å². The van der Waals surface area contributed by atoms with Crippen LogP contribution in [-0.4, -0.2) is 30.6 Å². The van der Waals surface area contributed by atoms with Gasteiger partial charge in [0.25, 0.3) is 0 Å². The van der Waals surface area contributed by atoms with Crippen molar-refractivity contribution in [3.63, 3.8) is 0 Å². The average molecular weight is 374 g/mol. The van der Waals surface area contributed by atoms with Crippen molar-refractivity contribution in [2.24, 2.45) is 0 Å². The zero-order valence-electron chi connectivity index (χ0n) is 13.6. The zero-order chi connectivity index (χ0) is 18.6. The number of halogens is 3. The first-order valence-corrected chi connectivity index (χ1v) is 8.75. The minimum atomic E-state index is -4.52. The quantitative estimate of drug-likeness (QED) is 0.613. The SMILES string of the molecule is CSCCOC(=O)C1=C(C)NC(=O)NC1c1cccc(C(F)(F)F)c1. The van der Waals surface area contributed by atoms with Crippen LogP contribution in [0.15, 0.2) is 35.5 Å². The number of carbonyl (C=O) groups excluding carboxylic acids is 2. The van der Waals surface area contributed by atoms with Crippen LogP contribution in [-0.2, 0) is 15.7 Å². The standard InChI is InChI=1S/C16H17F3N2O3S/c1-9-12(14(22)24-6-7-25-2)13(21-15(23)20-9)10-4-3-5-11(8-10)16(17,18)19/h3-5,8,13H,6-7H2,1-2H3,(H2,20,21,23). The van der Waals surface area contributed by atoms with E-state index in [1.807, 2.05) is 6.26 Å². The molecule has 1 heterocycles. The first-order chi connectivity index (χ1) is 11.7. The van der Waals surface area contributed by atoms with Crippen LogP contribution in [0.5, 0.6) is 0 Å². The lowest BCUT2D eigenvalue weighted by Crippen LogP contribution is -2.45. The van der Waals surface area contributed by atoms with Gasteiger partial charge in [0.15, 0.2) is 0 Å². The van der Waals surface area contributed by atoms with Crippen LogP contribution in [0.1, 0.15) is 24.1 Å². The molecule has 9 heteroatoms. The molecule has 0 saturated heterocycles. The lowest BCUT2D eigenvalue weighted by atomic mass is 9.94. The average Bonchev–Trinajstić information content (AvgIpc) is 2.53. The molecule has 0 aliphatic carbocycles. The molecule has 2 rings (SSSR count). The number of alkyl halides is 3. The third-order valence-corrected chi connectivity index (χ3v) is 4.13. The Hall–Kier alpha value is -2.16. The number of amides is 2. The van der Waals surface area contributed by atoms with Gasteiger partial charge in [-0.2, -0.15) is 24.9 Å². The van der Waals surface area contributed by atoms with E-state index in [0.717, 1.165) is 12.1 Å². The van der Waals surface area contributed by atoms with Crippen LogP contribution in [0.3, 0.4) is 0 Å². The summed E-state index contributed by atoms with van der Waals surface area (Å²) in [7, 11) is 0. The highest BCUT2D eigenvalue weighted by Crippen LogP contribution is 2.33. The Balaban J connectivity index is 2.37. The van der Waals surface area contributed by atoms with Gasteiger partial charge in [0.05, 0.1) is 17.2 Å². The fourth-order valence-electron chi connectivity index (χ4n) is 2.40. The molecule has 0 bridgehead atoms. The molecule has 5 nitrogen and oxygen atoms in total. The summed E-state index contributed by atoms with van der Waals surface area (Å²) in [6.45, 7) is 1.67. The van der Waals surface area contributed by atoms with Crippen LogP contribution >= 0.6 is 11.8 Å². The zero-order valence-corrected chi connectivity index (χ0v) is 14.4. The first-order valence-electron chi connectivity index (χ1n) is 7.35. The molecule has 1 aliphatic rings. The van der Waals surface area contributed by atoms with Crippen LogP contribution in [0.4, 0.5) is 18.0 Å². The van der Waals surface area contributed by atoms with Gasteiger partial charge in [0.1, 0.15) is 6.61 Å². The Labute approximate surface area is 147 Å². The predicted octanol–water partition coefficient (Wildman–Crippen LogP) is 3.24. The monoisotopic (exact) mass is 374 g/mol. The van der Waals surface area contributed by atoms with Gasteiger partial charge in [0, 0.05) is 11.4 Å². The van der Waals surface area contributed by atoms with E-state index in [4.69, 9.17) is 4.74 Å². The Morgan fingerprint density at radius 2 is 2.08 bits per heavy atom. The molecule has 1 unspecified atom stereocenters. The van der Waals surface area contributed by atoms with E-state index in [9.17, 15) is 22.8 Å². The van der Waals surface area contributed by atoms with Crippen molar-refractivity contribution in [3.8, 4) is 0 Å². The van der Waals surface area contributed by atoms with Crippen molar-refractivity contribution in [2.45, 2.75) is 19.1 Å². The summed E-state index contributed by atoms with van der Waals surface area (Å²) in [5, 5.41) is 4.93. The number of urea groups is 1. The molecule has 25 heavy (non-hydrogen) atoms.